The molecule has 3 aromatic rings. The molecular weight excluding hydrogens is 330 g/mol. The van der Waals surface area contributed by atoms with Crippen LogP contribution in [0, 0.1) is 0 Å². The van der Waals surface area contributed by atoms with Crippen molar-refractivity contribution < 1.29 is 4.79 Å². The van der Waals surface area contributed by atoms with Crippen LogP contribution in [0.3, 0.4) is 0 Å². The van der Waals surface area contributed by atoms with E-state index in [9.17, 15) is 4.79 Å². The van der Waals surface area contributed by atoms with Crippen LogP contribution in [-0.4, -0.2) is 20.5 Å². The van der Waals surface area contributed by atoms with Crippen molar-refractivity contribution in [1.82, 2.24) is 14.8 Å². The predicted molar refractivity (Wildman–Crippen MR) is 84.2 cm³/mol. The van der Waals surface area contributed by atoms with Gasteiger partial charge in [-0.2, -0.15) is 5.10 Å². The van der Waals surface area contributed by atoms with Crippen molar-refractivity contribution in [2.24, 2.45) is 0 Å². The fourth-order valence-electron chi connectivity index (χ4n) is 2.05. The van der Waals surface area contributed by atoms with Gasteiger partial charge in [-0.15, -0.1) is 0 Å². The molecule has 2 aromatic carbocycles. The van der Waals surface area contributed by atoms with E-state index in [2.05, 4.69) is 26.0 Å². The average Bonchev–Trinajstić information content (AvgIpc) is 3.09. The number of benzene rings is 2. The van der Waals surface area contributed by atoms with Gasteiger partial charge in [0.2, 0.25) is 0 Å². The van der Waals surface area contributed by atoms with E-state index in [0.717, 1.165) is 11.1 Å². The van der Waals surface area contributed by atoms with Crippen molar-refractivity contribution in [1.29, 1.82) is 0 Å². The second-order valence-corrected chi connectivity index (χ2v) is 5.39. The summed E-state index contributed by atoms with van der Waals surface area (Å²) in [6.07, 6.45) is 2.91. The molecular formula is C16H12BrN3O. The van der Waals surface area contributed by atoms with E-state index < -0.39 is 4.95 Å². The Kier molecular flexibility index (Phi) is 3.92. The van der Waals surface area contributed by atoms with Gasteiger partial charge in [0, 0.05) is 5.56 Å². The van der Waals surface area contributed by atoms with Crippen LogP contribution in [0.2, 0.25) is 0 Å². The topological polar surface area (TPSA) is 47.8 Å². The third-order valence-electron chi connectivity index (χ3n) is 3.16. The highest BCUT2D eigenvalue weighted by atomic mass is 79.9. The summed E-state index contributed by atoms with van der Waals surface area (Å²) in [4.78, 5) is 15.7. The summed E-state index contributed by atoms with van der Waals surface area (Å²) in [6.45, 7) is 0. The Labute approximate surface area is 130 Å². The molecule has 0 spiro atoms. The number of hydrogen-bond acceptors (Lipinski definition) is 3. The molecule has 0 bridgehead atoms. The summed E-state index contributed by atoms with van der Waals surface area (Å²) < 4.78 is 1.48. The van der Waals surface area contributed by atoms with Crippen LogP contribution >= 0.6 is 15.9 Å². The predicted octanol–water partition coefficient (Wildman–Crippen LogP) is 3.72. The van der Waals surface area contributed by atoms with Crippen molar-refractivity contribution in [2.45, 2.75) is 4.95 Å². The second kappa shape index (κ2) is 6.01. The van der Waals surface area contributed by atoms with Gasteiger partial charge in [-0.05, 0) is 11.1 Å². The summed E-state index contributed by atoms with van der Waals surface area (Å²) in [5.74, 6) is -0.0555. The molecule has 0 amide bonds. The molecule has 1 heterocycles. The van der Waals surface area contributed by atoms with Crippen LogP contribution in [0.4, 0.5) is 0 Å². The van der Waals surface area contributed by atoms with E-state index in [1.807, 2.05) is 54.6 Å². The monoisotopic (exact) mass is 341 g/mol. The quantitative estimate of drug-likeness (QED) is 0.536. The number of carbonyl (C=O) groups is 1. The summed E-state index contributed by atoms with van der Waals surface area (Å²) in [5.41, 5.74) is 2.84. The average molecular weight is 342 g/mol. The maximum absolute atomic E-state index is 12.4. The van der Waals surface area contributed by atoms with Gasteiger partial charge in [0.05, 0.1) is 0 Å². The zero-order valence-corrected chi connectivity index (χ0v) is 12.6. The number of hydrogen-bond donors (Lipinski definition) is 0. The Balaban J connectivity index is 1.83. The molecule has 1 aromatic heterocycles. The molecule has 0 N–H and O–H groups in total. The Bertz CT molecular complexity index is 724. The van der Waals surface area contributed by atoms with E-state index in [1.54, 1.807) is 0 Å². The minimum atomic E-state index is -0.539. The maximum atomic E-state index is 12.4. The first kappa shape index (κ1) is 13.7. The Morgan fingerprint density at radius 1 is 1.00 bits per heavy atom. The van der Waals surface area contributed by atoms with E-state index in [0.29, 0.717) is 5.56 Å². The van der Waals surface area contributed by atoms with Crippen molar-refractivity contribution in [3.05, 3.63) is 72.8 Å². The third-order valence-corrected chi connectivity index (χ3v) is 4.00. The highest BCUT2D eigenvalue weighted by Crippen LogP contribution is 2.23. The molecule has 1 atom stereocenters. The van der Waals surface area contributed by atoms with Crippen LogP contribution in [0.5, 0.6) is 0 Å². The fraction of sp³-hybridized carbons (Fsp3) is 0.0625. The zero-order valence-electron chi connectivity index (χ0n) is 11.1. The van der Waals surface area contributed by atoms with Crippen LogP contribution in [0.15, 0.2) is 67.3 Å². The summed E-state index contributed by atoms with van der Waals surface area (Å²) in [6, 6.07) is 17.6. The Hall–Kier alpha value is -2.27. The van der Waals surface area contributed by atoms with Gasteiger partial charge in [0.15, 0.2) is 10.7 Å². The number of ketones is 1. The second-order valence-electron chi connectivity index (χ2n) is 4.52. The van der Waals surface area contributed by atoms with Crippen LogP contribution in [0.25, 0.3) is 11.1 Å². The van der Waals surface area contributed by atoms with Gasteiger partial charge in [-0.1, -0.05) is 70.5 Å². The van der Waals surface area contributed by atoms with Crippen LogP contribution in [0.1, 0.15) is 15.3 Å². The molecule has 5 heteroatoms. The SMILES string of the molecule is O=C(c1ccc(-c2ccccc2)cc1)C(Br)n1cncn1. The first-order valence-corrected chi connectivity index (χ1v) is 7.35. The number of nitrogens with zero attached hydrogens (tertiary/aromatic N) is 3. The first-order chi connectivity index (χ1) is 10.3. The van der Waals surface area contributed by atoms with E-state index in [4.69, 9.17) is 0 Å². The van der Waals surface area contributed by atoms with Crippen molar-refractivity contribution in [3.63, 3.8) is 0 Å². The molecule has 21 heavy (non-hydrogen) atoms. The van der Waals surface area contributed by atoms with E-state index in [1.165, 1.54) is 17.3 Å². The zero-order chi connectivity index (χ0) is 14.7. The molecule has 0 saturated carbocycles. The summed E-state index contributed by atoms with van der Waals surface area (Å²) in [7, 11) is 0. The molecule has 3 rings (SSSR count). The lowest BCUT2D eigenvalue weighted by molar-refractivity contribution is 0.0965. The van der Waals surface area contributed by atoms with Crippen LogP contribution < -0.4 is 0 Å². The van der Waals surface area contributed by atoms with Gasteiger partial charge in [0.1, 0.15) is 12.7 Å². The fourth-order valence-corrected chi connectivity index (χ4v) is 2.53. The Morgan fingerprint density at radius 3 is 2.29 bits per heavy atom. The molecule has 0 aliphatic heterocycles. The minimum Gasteiger partial charge on any atom is -0.291 e. The lowest BCUT2D eigenvalue weighted by Crippen LogP contribution is -2.14. The Morgan fingerprint density at radius 2 is 1.67 bits per heavy atom. The molecule has 0 radical (unpaired) electrons. The highest BCUT2D eigenvalue weighted by molar-refractivity contribution is 9.09. The number of aromatic nitrogens is 3. The molecule has 0 saturated heterocycles. The summed E-state index contributed by atoms with van der Waals surface area (Å²) in [5, 5.41) is 3.97. The van der Waals surface area contributed by atoms with Gasteiger partial charge in [-0.25, -0.2) is 9.67 Å². The first-order valence-electron chi connectivity index (χ1n) is 6.43. The summed E-state index contributed by atoms with van der Waals surface area (Å²) >= 11 is 3.34. The smallest absolute Gasteiger partial charge is 0.198 e. The normalized spacial score (nSPS) is 12.0. The van der Waals surface area contributed by atoms with Crippen molar-refractivity contribution >= 4 is 21.7 Å². The number of halogens is 1. The molecule has 4 nitrogen and oxygen atoms in total. The standard InChI is InChI=1S/C16H12BrN3O/c17-16(20-11-18-10-19-20)15(21)14-8-6-13(7-9-14)12-4-2-1-3-5-12/h1-11,16H. The third kappa shape index (κ3) is 2.92. The van der Waals surface area contributed by atoms with E-state index in [-0.39, 0.29) is 5.78 Å². The van der Waals surface area contributed by atoms with Crippen molar-refractivity contribution in [2.75, 3.05) is 0 Å². The van der Waals surface area contributed by atoms with Gasteiger partial charge >= 0.3 is 0 Å². The number of rotatable bonds is 4. The maximum Gasteiger partial charge on any atom is 0.198 e. The molecule has 1 unspecified atom stereocenters. The van der Waals surface area contributed by atoms with Crippen molar-refractivity contribution in [3.8, 4) is 11.1 Å². The van der Waals surface area contributed by atoms with Gasteiger partial charge in [-0.3, -0.25) is 4.79 Å². The number of alkyl halides is 1. The lowest BCUT2D eigenvalue weighted by Gasteiger charge is -2.09. The lowest BCUT2D eigenvalue weighted by atomic mass is 10.0. The largest absolute Gasteiger partial charge is 0.291 e. The van der Waals surface area contributed by atoms with Crippen LogP contribution in [-0.2, 0) is 0 Å². The minimum absolute atomic E-state index is 0.0555. The van der Waals surface area contributed by atoms with Gasteiger partial charge in [0.25, 0.3) is 0 Å². The molecule has 0 fully saturated rings. The van der Waals surface area contributed by atoms with Gasteiger partial charge < -0.3 is 0 Å². The number of Topliss-reactive ketones (excluding diaryl/α,β-unsaturated/α-hetero) is 1. The molecule has 0 aliphatic carbocycles. The molecule has 0 aliphatic rings. The van der Waals surface area contributed by atoms with E-state index >= 15 is 0 Å². The highest BCUT2D eigenvalue weighted by Gasteiger charge is 2.19. The number of carbonyl (C=O) groups excluding carboxylic acids is 1. The molecule has 104 valence electrons.